The fourth-order valence-electron chi connectivity index (χ4n) is 3.03. The van der Waals surface area contributed by atoms with E-state index in [0.29, 0.717) is 12.6 Å². The Morgan fingerprint density at radius 1 is 1.40 bits per heavy atom. The SMILES string of the molecule is COC1CCN(C(C)(CN)Cc2cccc(F)c2)CC1. The molecule has 2 rings (SSSR count). The van der Waals surface area contributed by atoms with E-state index in [9.17, 15) is 4.39 Å². The fourth-order valence-corrected chi connectivity index (χ4v) is 3.03. The van der Waals surface area contributed by atoms with Gasteiger partial charge in [-0.2, -0.15) is 0 Å². The number of piperidine rings is 1. The fraction of sp³-hybridized carbons (Fsp3) is 0.625. The second kappa shape index (κ2) is 6.66. The van der Waals surface area contributed by atoms with Crippen LogP contribution in [0.2, 0.25) is 0 Å². The van der Waals surface area contributed by atoms with Crippen molar-refractivity contribution in [1.82, 2.24) is 4.90 Å². The van der Waals surface area contributed by atoms with Crippen molar-refractivity contribution >= 4 is 0 Å². The van der Waals surface area contributed by atoms with Crippen LogP contribution >= 0.6 is 0 Å². The van der Waals surface area contributed by atoms with Crippen molar-refractivity contribution in [1.29, 1.82) is 0 Å². The molecule has 0 spiro atoms. The van der Waals surface area contributed by atoms with Crippen LogP contribution in [0, 0.1) is 5.82 Å². The molecule has 0 bridgehead atoms. The number of ether oxygens (including phenoxy) is 1. The van der Waals surface area contributed by atoms with Crippen molar-refractivity contribution in [2.75, 3.05) is 26.7 Å². The summed E-state index contributed by atoms with van der Waals surface area (Å²) >= 11 is 0. The van der Waals surface area contributed by atoms with Gasteiger partial charge in [0.25, 0.3) is 0 Å². The first-order valence-corrected chi connectivity index (χ1v) is 7.30. The molecule has 1 fully saturated rings. The summed E-state index contributed by atoms with van der Waals surface area (Å²) in [5.41, 5.74) is 6.91. The quantitative estimate of drug-likeness (QED) is 0.898. The predicted octanol–water partition coefficient (Wildman–Crippen LogP) is 2.20. The van der Waals surface area contributed by atoms with Gasteiger partial charge in [-0.05, 0) is 43.9 Å². The zero-order chi connectivity index (χ0) is 14.6. The second-order valence-electron chi connectivity index (χ2n) is 5.93. The van der Waals surface area contributed by atoms with E-state index in [1.54, 1.807) is 19.2 Å². The van der Waals surface area contributed by atoms with Gasteiger partial charge in [0.2, 0.25) is 0 Å². The average molecular weight is 280 g/mol. The first kappa shape index (κ1) is 15.4. The Morgan fingerprint density at radius 2 is 2.10 bits per heavy atom. The lowest BCUT2D eigenvalue weighted by Crippen LogP contribution is -2.56. The topological polar surface area (TPSA) is 38.5 Å². The van der Waals surface area contributed by atoms with Crippen molar-refractivity contribution in [3.8, 4) is 0 Å². The van der Waals surface area contributed by atoms with Gasteiger partial charge in [-0.3, -0.25) is 4.90 Å². The van der Waals surface area contributed by atoms with Crippen LogP contribution in [-0.4, -0.2) is 43.3 Å². The molecule has 1 aromatic carbocycles. The molecule has 1 aromatic rings. The van der Waals surface area contributed by atoms with Crippen LogP contribution in [0.15, 0.2) is 24.3 Å². The Kier molecular flexibility index (Phi) is 5.13. The summed E-state index contributed by atoms with van der Waals surface area (Å²) in [5, 5.41) is 0. The third kappa shape index (κ3) is 3.57. The number of halogens is 1. The highest BCUT2D eigenvalue weighted by Gasteiger charge is 2.33. The molecule has 0 aromatic heterocycles. The van der Waals surface area contributed by atoms with E-state index < -0.39 is 0 Å². The Hall–Kier alpha value is -0.970. The van der Waals surface area contributed by atoms with Gasteiger partial charge in [0.15, 0.2) is 0 Å². The summed E-state index contributed by atoms with van der Waals surface area (Å²) < 4.78 is 18.7. The van der Waals surface area contributed by atoms with Crippen LogP contribution in [-0.2, 0) is 11.2 Å². The Balaban J connectivity index is 2.05. The van der Waals surface area contributed by atoms with Crippen molar-refractivity contribution in [3.05, 3.63) is 35.6 Å². The summed E-state index contributed by atoms with van der Waals surface area (Å²) in [6.07, 6.45) is 3.21. The van der Waals surface area contributed by atoms with Crippen molar-refractivity contribution in [2.24, 2.45) is 5.73 Å². The van der Waals surface area contributed by atoms with Crippen LogP contribution in [0.3, 0.4) is 0 Å². The summed E-state index contributed by atoms with van der Waals surface area (Å²) in [6, 6.07) is 6.82. The molecule has 3 nitrogen and oxygen atoms in total. The zero-order valence-electron chi connectivity index (χ0n) is 12.4. The van der Waals surface area contributed by atoms with E-state index in [1.807, 2.05) is 6.07 Å². The third-order valence-corrected chi connectivity index (χ3v) is 4.45. The maximum Gasteiger partial charge on any atom is 0.123 e. The van der Waals surface area contributed by atoms with E-state index in [4.69, 9.17) is 10.5 Å². The summed E-state index contributed by atoms with van der Waals surface area (Å²) in [6.45, 7) is 4.72. The number of likely N-dealkylation sites (tertiary alicyclic amines) is 1. The van der Waals surface area contributed by atoms with Gasteiger partial charge in [0, 0.05) is 32.3 Å². The molecule has 4 heteroatoms. The normalized spacial score (nSPS) is 20.8. The van der Waals surface area contributed by atoms with Gasteiger partial charge >= 0.3 is 0 Å². The molecule has 112 valence electrons. The molecule has 1 saturated heterocycles. The molecule has 0 amide bonds. The highest BCUT2D eigenvalue weighted by atomic mass is 19.1. The number of methoxy groups -OCH3 is 1. The van der Waals surface area contributed by atoms with Gasteiger partial charge in [-0.15, -0.1) is 0 Å². The van der Waals surface area contributed by atoms with Gasteiger partial charge < -0.3 is 10.5 Å². The van der Waals surface area contributed by atoms with Crippen molar-refractivity contribution < 1.29 is 9.13 Å². The number of rotatable bonds is 5. The smallest absolute Gasteiger partial charge is 0.123 e. The monoisotopic (exact) mass is 280 g/mol. The van der Waals surface area contributed by atoms with E-state index in [0.717, 1.165) is 37.9 Å². The van der Waals surface area contributed by atoms with Gasteiger partial charge in [0.1, 0.15) is 5.82 Å². The largest absolute Gasteiger partial charge is 0.381 e. The van der Waals surface area contributed by atoms with Crippen LogP contribution in [0.5, 0.6) is 0 Å². The van der Waals surface area contributed by atoms with Crippen LogP contribution in [0.25, 0.3) is 0 Å². The van der Waals surface area contributed by atoms with Crippen LogP contribution in [0.1, 0.15) is 25.3 Å². The summed E-state index contributed by atoms with van der Waals surface area (Å²) in [7, 11) is 1.77. The first-order chi connectivity index (χ1) is 9.57. The molecule has 20 heavy (non-hydrogen) atoms. The van der Waals surface area contributed by atoms with Crippen molar-refractivity contribution in [2.45, 2.75) is 37.8 Å². The van der Waals surface area contributed by atoms with Gasteiger partial charge in [-0.25, -0.2) is 4.39 Å². The molecular formula is C16H25FN2O. The van der Waals surface area contributed by atoms with Gasteiger partial charge in [-0.1, -0.05) is 12.1 Å². The summed E-state index contributed by atoms with van der Waals surface area (Å²) in [5.74, 6) is -0.181. The molecule has 1 aliphatic heterocycles. The standard InChI is InChI=1S/C16H25FN2O/c1-16(12-18,11-13-4-3-5-14(17)10-13)19-8-6-15(20-2)7-9-19/h3-5,10,15H,6-9,11-12,18H2,1-2H3. The minimum absolute atomic E-state index is 0.119. The molecule has 1 atom stereocenters. The van der Waals surface area contributed by atoms with Crippen molar-refractivity contribution in [3.63, 3.8) is 0 Å². The minimum atomic E-state index is -0.181. The number of nitrogens with two attached hydrogens (primary N) is 1. The maximum absolute atomic E-state index is 13.3. The molecule has 1 heterocycles. The molecule has 2 N–H and O–H groups in total. The Labute approximate surface area is 120 Å². The Morgan fingerprint density at radius 3 is 2.65 bits per heavy atom. The van der Waals surface area contributed by atoms with Gasteiger partial charge in [0.05, 0.1) is 6.10 Å². The third-order valence-electron chi connectivity index (χ3n) is 4.45. The molecule has 1 unspecified atom stereocenters. The Bertz CT molecular complexity index is 432. The molecule has 0 saturated carbocycles. The zero-order valence-corrected chi connectivity index (χ0v) is 12.4. The van der Waals surface area contributed by atoms with Crippen LogP contribution in [0.4, 0.5) is 4.39 Å². The molecule has 0 radical (unpaired) electrons. The van der Waals surface area contributed by atoms with E-state index >= 15 is 0 Å². The molecule has 0 aliphatic carbocycles. The lowest BCUT2D eigenvalue weighted by atomic mass is 9.88. The number of hydrogen-bond donors (Lipinski definition) is 1. The minimum Gasteiger partial charge on any atom is -0.381 e. The van der Waals surface area contributed by atoms with E-state index in [1.165, 1.54) is 6.07 Å². The lowest BCUT2D eigenvalue weighted by Gasteiger charge is -2.44. The van der Waals surface area contributed by atoms with Crippen LogP contribution < -0.4 is 5.73 Å². The lowest BCUT2D eigenvalue weighted by molar-refractivity contribution is 0.00361. The highest BCUT2D eigenvalue weighted by molar-refractivity contribution is 5.19. The number of benzene rings is 1. The first-order valence-electron chi connectivity index (χ1n) is 7.30. The highest BCUT2D eigenvalue weighted by Crippen LogP contribution is 2.25. The average Bonchev–Trinajstić information content (AvgIpc) is 2.47. The predicted molar refractivity (Wildman–Crippen MR) is 79.2 cm³/mol. The van der Waals surface area contributed by atoms with E-state index in [2.05, 4.69) is 11.8 Å². The summed E-state index contributed by atoms with van der Waals surface area (Å²) in [4.78, 5) is 2.42. The molecule has 1 aliphatic rings. The number of nitrogens with zero attached hydrogens (tertiary/aromatic N) is 1. The number of hydrogen-bond acceptors (Lipinski definition) is 3. The van der Waals surface area contributed by atoms with E-state index in [-0.39, 0.29) is 11.4 Å². The maximum atomic E-state index is 13.3. The second-order valence-corrected chi connectivity index (χ2v) is 5.93. The molecular weight excluding hydrogens is 255 g/mol.